The quantitative estimate of drug-likeness (QED) is 0.720. The summed E-state index contributed by atoms with van der Waals surface area (Å²) in [6, 6.07) is 13.6. The van der Waals surface area contributed by atoms with Crippen molar-refractivity contribution in [3.05, 3.63) is 58.1 Å². The van der Waals surface area contributed by atoms with Gasteiger partial charge in [0.05, 0.1) is 7.11 Å². The number of hydrogen-bond donors (Lipinski definition) is 2. The number of benzene rings is 2. The van der Waals surface area contributed by atoms with Gasteiger partial charge in [-0.05, 0) is 36.8 Å². The second kappa shape index (κ2) is 8.70. The Morgan fingerprint density at radius 3 is 2.74 bits per heavy atom. The van der Waals surface area contributed by atoms with Gasteiger partial charge in [0.15, 0.2) is 0 Å². The molecule has 5 heteroatoms. The van der Waals surface area contributed by atoms with Gasteiger partial charge >= 0.3 is 0 Å². The van der Waals surface area contributed by atoms with E-state index in [0.717, 1.165) is 27.0 Å². The van der Waals surface area contributed by atoms with E-state index < -0.39 is 0 Å². The number of nitrogens with one attached hydrogen (secondary N) is 2. The molecule has 122 valence electrons. The van der Waals surface area contributed by atoms with Crippen molar-refractivity contribution in [2.45, 2.75) is 19.9 Å². The highest BCUT2D eigenvalue weighted by molar-refractivity contribution is 9.10. The summed E-state index contributed by atoms with van der Waals surface area (Å²) >= 11 is 3.45. The molecule has 0 aliphatic heterocycles. The smallest absolute Gasteiger partial charge is 0.225 e. The maximum Gasteiger partial charge on any atom is 0.225 e. The molecular formula is C18H21BrN2O2. The summed E-state index contributed by atoms with van der Waals surface area (Å²) in [5.41, 5.74) is 3.00. The molecule has 0 heterocycles. The molecule has 0 saturated carbocycles. The fraction of sp³-hybridized carbons (Fsp3) is 0.278. The molecule has 2 aromatic carbocycles. The molecule has 2 rings (SSSR count). The van der Waals surface area contributed by atoms with Gasteiger partial charge in [0.2, 0.25) is 5.91 Å². The van der Waals surface area contributed by atoms with Gasteiger partial charge < -0.3 is 15.4 Å². The number of amides is 1. The SMILES string of the molecule is COc1ccccc1CNCCC(=O)Nc1ccc(Br)c(C)c1. The number of anilines is 1. The van der Waals surface area contributed by atoms with Crippen LogP contribution < -0.4 is 15.4 Å². The number of halogens is 1. The number of methoxy groups -OCH3 is 1. The van der Waals surface area contributed by atoms with Crippen molar-refractivity contribution in [2.24, 2.45) is 0 Å². The normalized spacial score (nSPS) is 10.4. The van der Waals surface area contributed by atoms with E-state index in [9.17, 15) is 4.79 Å². The molecule has 0 bridgehead atoms. The van der Waals surface area contributed by atoms with Crippen LogP contribution in [0.5, 0.6) is 5.75 Å². The van der Waals surface area contributed by atoms with Crippen molar-refractivity contribution in [3.8, 4) is 5.75 Å². The van der Waals surface area contributed by atoms with Crippen molar-refractivity contribution < 1.29 is 9.53 Å². The lowest BCUT2D eigenvalue weighted by atomic mass is 10.2. The van der Waals surface area contributed by atoms with Crippen LogP contribution in [0.25, 0.3) is 0 Å². The number of ether oxygens (including phenoxy) is 1. The van der Waals surface area contributed by atoms with Crippen LogP contribution in [-0.4, -0.2) is 19.6 Å². The molecule has 0 aliphatic carbocycles. The van der Waals surface area contributed by atoms with E-state index in [4.69, 9.17) is 4.74 Å². The van der Waals surface area contributed by atoms with Crippen molar-refractivity contribution in [3.63, 3.8) is 0 Å². The molecule has 0 unspecified atom stereocenters. The lowest BCUT2D eigenvalue weighted by Crippen LogP contribution is -2.21. The average Bonchev–Trinajstić information content (AvgIpc) is 2.55. The number of aryl methyl sites for hydroxylation is 1. The van der Waals surface area contributed by atoms with E-state index in [0.29, 0.717) is 19.5 Å². The summed E-state index contributed by atoms with van der Waals surface area (Å²) in [6.45, 7) is 3.28. The monoisotopic (exact) mass is 376 g/mol. The van der Waals surface area contributed by atoms with Crippen molar-refractivity contribution in [1.82, 2.24) is 5.32 Å². The van der Waals surface area contributed by atoms with Crippen LogP contribution in [0.2, 0.25) is 0 Å². The van der Waals surface area contributed by atoms with Gasteiger partial charge in [0, 0.05) is 35.2 Å². The Bertz CT molecular complexity index is 674. The Morgan fingerprint density at radius 2 is 2.00 bits per heavy atom. The van der Waals surface area contributed by atoms with Crippen LogP contribution in [0.4, 0.5) is 5.69 Å². The third kappa shape index (κ3) is 5.37. The van der Waals surface area contributed by atoms with Crippen molar-refractivity contribution >= 4 is 27.5 Å². The zero-order valence-corrected chi connectivity index (χ0v) is 14.9. The molecule has 0 atom stereocenters. The summed E-state index contributed by atoms with van der Waals surface area (Å²) in [4.78, 5) is 12.0. The fourth-order valence-corrected chi connectivity index (χ4v) is 2.47. The highest BCUT2D eigenvalue weighted by Gasteiger charge is 2.05. The lowest BCUT2D eigenvalue weighted by Gasteiger charge is -2.10. The summed E-state index contributed by atoms with van der Waals surface area (Å²) in [6.07, 6.45) is 0.421. The molecule has 0 fully saturated rings. The molecule has 0 radical (unpaired) electrons. The first-order chi connectivity index (χ1) is 11.1. The number of rotatable bonds is 7. The predicted molar refractivity (Wildman–Crippen MR) is 96.8 cm³/mol. The predicted octanol–water partition coefficient (Wildman–Crippen LogP) is 3.88. The molecule has 0 aromatic heterocycles. The van der Waals surface area contributed by atoms with E-state index >= 15 is 0 Å². The summed E-state index contributed by atoms with van der Waals surface area (Å²) in [5.74, 6) is 0.856. The van der Waals surface area contributed by atoms with E-state index in [1.165, 1.54) is 0 Å². The number of hydrogen-bond acceptors (Lipinski definition) is 3. The Labute approximate surface area is 145 Å². The second-order valence-electron chi connectivity index (χ2n) is 5.25. The topological polar surface area (TPSA) is 50.4 Å². The zero-order valence-electron chi connectivity index (χ0n) is 13.4. The van der Waals surface area contributed by atoms with Crippen LogP contribution in [0.3, 0.4) is 0 Å². The highest BCUT2D eigenvalue weighted by Crippen LogP contribution is 2.20. The van der Waals surface area contributed by atoms with Crippen LogP contribution in [0, 0.1) is 6.92 Å². The minimum atomic E-state index is -0.000695. The standard InChI is InChI=1S/C18H21BrN2O2/c1-13-11-15(7-8-16(13)19)21-18(22)9-10-20-12-14-5-3-4-6-17(14)23-2/h3-8,11,20H,9-10,12H2,1-2H3,(H,21,22). The average molecular weight is 377 g/mol. The van der Waals surface area contributed by atoms with Crippen LogP contribution in [-0.2, 0) is 11.3 Å². The number of carbonyl (C=O) groups excluding carboxylic acids is 1. The van der Waals surface area contributed by atoms with Gasteiger partial charge in [-0.25, -0.2) is 0 Å². The van der Waals surface area contributed by atoms with E-state index in [-0.39, 0.29) is 5.91 Å². The first kappa shape index (κ1) is 17.5. The maximum atomic E-state index is 12.0. The first-order valence-corrected chi connectivity index (χ1v) is 8.28. The third-order valence-corrected chi connectivity index (χ3v) is 4.37. The third-order valence-electron chi connectivity index (χ3n) is 3.48. The minimum Gasteiger partial charge on any atom is -0.496 e. The molecule has 23 heavy (non-hydrogen) atoms. The Kier molecular flexibility index (Phi) is 6.62. The Balaban J connectivity index is 1.75. The van der Waals surface area contributed by atoms with E-state index in [2.05, 4.69) is 26.6 Å². The van der Waals surface area contributed by atoms with E-state index in [1.54, 1.807) is 7.11 Å². The first-order valence-electron chi connectivity index (χ1n) is 7.49. The molecule has 0 spiro atoms. The van der Waals surface area contributed by atoms with Crippen LogP contribution >= 0.6 is 15.9 Å². The maximum absolute atomic E-state index is 12.0. The van der Waals surface area contributed by atoms with Gasteiger partial charge in [-0.15, -0.1) is 0 Å². The van der Waals surface area contributed by atoms with Crippen LogP contribution in [0.1, 0.15) is 17.5 Å². The Hall–Kier alpha value is -1.85. The molecule has 2 aromatic rings. The Morgan fingerprint density at radius 1 is 1.22 bits per heavy atom. The van der Waals surface area contributed by atoms with Gasteiger partial charge in [-0.3, -0.25) is 4.79 Å². The largest absolute Gasteiger partial charge is 0.496 e. The van der Waals surface area contributed by atoms with Gasteiger partial charge in [0.1, 0.15) is 5.75 Å². The van der Waals surface area contributed by atoms with Crippen molar-refractivity contribution in [1.29, 1.82) is 0 Å². The number of para-hydroxylation sites is 1. The molecule has 1 amide bonds. The van der Waals surface area contributed by atoms with Gasteiger partial charge in [-0.2, -0.15) is 0 Å². The van der Waals surface area contributed by atoms with Gasteiger partial charge in [0.25, 0.3) is 0 Å². The highest BCUT2D eigenvalue weighted by atomic mass is 79.9. The molecule has 2 N–H and O–H groups in total. The molecule has 0 saturated heterocycles. The minimum absolute atomic E-state index is 0.000695. The number of carbonyl (C=O) groups is 1. The molecular weight excluding hydrogens is 356 g/mol. The summed E-state index contributed by atoms with van der Waals surface area (Å²) < 4.78 is 6.34. The van der Waals surface area contributed by atoms with Gasteiger partial charge in [-0.1, -0.05) is 34.1 Å². The lowest BCUT2D eigenvalue weighted by molar-refractivity contribution is -0.116. The molecule has 4 nitrogen and oxygen atoms in total. The second-order valence-corrected chi connectivity index (χ2v) is 6.11. The van der Waals surface area contributed by atoms with Crippen LogP contribution in [0.15, 0.2) is 46.9 Å². The summed E-state index contributed by atoms with van der Waals surface area (Å²) in [5, 5.41) is 6.17. The van der Waals surface area contributed by atoms with E-state index in [1.807, 2.05) is 49.4 Å². The zero-order chi connectivity index (χ0) is 16.7. The molecule has 0 aliphatic rings. The summed E-state index contributed by atoms with van der Waals surface area (Å²) in [7, 11) is 1.66. The fourth-order valence-electron chi connectivity index (χ4n) is 2.22. The van der Waals surface area contributed by atoms with Crippen molar-refractivity contribution in [2.75, 3.05) is 19.0 Å².